The van der Waals surface area contributed by atoms with E-state index >= 15 is 0 Å². The van der Waals surface area contributed by atoms with Crippen molar-refractivity contribution in [1.29, 1.82) is 0 Å². The van der Waals surface area contributed by atoms with Crippen LogP contribution in [0.5, 0.6) is 0 Å². The van der Waals surface area contributed by atoms with Crippen molar-refractivity contribution in [3.63, 3.8) is 0 Å². The first kappa shape index (κ1) is 17.7. The van der Waals surface area contributed by atoms with E-state index in [2.05, 4.69) is 48.8 Å². The average molecular weight is 334 g/mol. The summed E-state index contributed by atoms with van der Waals surface area (Å²) in [6.45, 7) is 13.8. The Morgan fingerprint density at radius 2 is 2.17 bits per heavy atom. The fourth-order valence-electron chi connectivity index (χ4n) is 2.78. The fourth-order valence-corrected chi connectivity index (χ4v) is 3.73. The Labute approximate surface area is 143 Å². The molecule has 0 aliphatic carbocycles. The third kappa shape index (κ3) is 3.64. The summed E-state index contributed by atoms with van der Waals surface area (Å²) in [5.74, 6) is 0. The lowest BCUT2D eigenvalue weighted by molar-refractivity contribution is 0.109. The van der Waals surface area contributed by atoms with Crippen molar-refractivity contribution in [2.45, 2.75) is 40.2 Å². The van der Waals surface area contributed by atoms with Crippen molar-refractivity contribution in [1.82, 2.24) is 14.2 Å². The minimum atomic E-state index is 0.0308. The number of hydrogen-bond acceptors (Lipinski definition) is 4. The largest absolute Gasteiger partial charge is 0.327 e. The first-order valence-electron chi connectivity index (χ1n) is 8.02. The molecule has 1 atom stereocenters. The standard InChI is InChI=1S/C17H26N4OS/c1-6-9-13(4)20-11-19(10-7-2)17(22)21(12-20)16-14(5)15(8-3)18-23-16/h6-7,9,13H,2,8,10-12H2,1,3-5H3/b9-6+. The van der Waals surface area contributed by atoms with Crippen LogP contribution in [0.25, 0.3) is 0 Å². The van der Waals surface area contributed by atoms with Crippen LogP contribution in [-0.4, -0.2) is 46.1 Å². The zero-order valence-corrected chi connectivity index (χ0v) is 15.3. The van der Waals surface area contributed by atoms with Gasteiger partial charge in [-0.25, -0.2) is 4.79 Å². The van der Waals surface area contributed by atoms with E-state index < -0.39 is 0 Å². The normalized spacial score (nSPS) is 18.0. The zero-order valence-electron chi connectivity index (χ0n) is 14.5. The van der Waals surface area contributed by atoms with Crippen LogP contribution in [0.15, 0.2) is 24.8 Å². The molecule has 0 saturated carbocycles. The minimum absolute atomic E-state index is 0.0308. The zero-order chi connectivity index (χ0) is 17.0. The molecule has 0 radical (unpaired) electrons. The summed E-state index contributed by atoms with van der Waals surface area (Å²) in [5, 5.41) is 0.957. The van der Waals surface area contributed by atoms with Crippen molar-refractivity contribution in [3.05, 3.63) is 36.1 Å². The Kier molecular flexibility index (Phi) is 5.96. The molecule has 23 heavy (non-hydrogen) atoms. The van der Waals surface area contributed by atoms with Crippen LogP contribution in [0, 0.1) is 6.92 Å². The number of carbonyl (C=O) groups excluding carboxylic acids is 1. The van der Waals surface area contributed by atoms with Crippen LogP contribution in [0.3, 0.4) is 0 Å². The maximum Gasteiger partial charge on any atom is 0.327 e. The molecule has 1 aromatic rings. The second kappa shape index (κ2) is 7.75. The Bertz CT molecular complexity index is 595. The Hall–Kier alpha value is -1.66. The van der Waals surface area contributed by atoms with Gasteiger partial charge < -0.3 is 4.90 Å². The number of rotatable bonds is 6. The molecule has 1 aliphatic heterocycles. The second-order valence-electron chi connectivity index (χ2n) is 5.77. The number of allylic oxidation sites excluding steroid dienone is 1. The summed E-state index contributed by atoms with van der Waals surface area (Å²) in [7, 11) is 0. The summed E-state index contributed by atoms with van der Waals surface area (Å²) in [6.07, 6.45) is 6.86. The van der Waals surface area contributed by atoms with Gasteiger partial charge in [0.15, 0.2) is 0 Å². The quantitative estimate of drug-likeness (QED) is 0.746. The molecule has 2 heterocycles. The number of carbonyl (C=O) groups is 1. The fraction of sp³-hybridized carbons (Fsp3) is 0.529. The second-order valence-corrected chi connectivity index (χ2v) is 6.52. The van der Waals surface area contributed by atoms with E-state index in [1.807, 2.05) is 16.7 Å². The number of aryl methyl sites for hydroxylation is 1. The highest BCUT2D eigenvalue weighted by Gasteiger charge is 2.34. The maximum atomic E-state index is 12.8. The first-order valence-corrected chi connectivity index (χ1v) is 8.80. The van der Waals surface area contributed by atoms with Crippen molar-refractivity contribution in [2.75, 3.05) is 24.8 Å². The molecular formula is C17H26N4OS. The molecule has 1 aliphatic rings. The van der Waals surface area contributed by atoms with E-state index in [1.54, 1.807) is 6.08 Å². The third-order valence-electron chi connectivity index (χ3n) is 4.15. The molecule has 2 amide bonds. The lowest BCUT2D eigenvalue weighted by Crippen LogP contribution is -2.60. The van der Waals surface area contributed by atoms with Crippen molar-refractivity contribution in [3.8, 4) is 0 Å². The highest BCUT2D eigenvalue weighted by molar-refractivity contribution is 7.10. The summed E-state index contributed by atoms with van der Waals surface area (Å²) in [4.78, 5) is 18.8. The van der Waals surface area contributed by atoms with Gasteiger partial charge in [-0.1, -0.05) is 25.2 Å². The predicted octanol–water partition coefficient (Wildman–Crippen LogP) is 3.62. The summed E-state index contributed by atoms with van der Waals surface area (Å²) in [6, 6.07) is 0.296. The van der Waals surface area contributed by atoms with Crippen LogP contribution in [0.1, 0.15) is 32.0 Å². The lowest BCUT2D eigenvalue weighted by atomic mass is 10.2. The monoisotopic (exact) mass is 334 g/mol. The van der Waals surface area contributed by atoms with Crippen LogP contribution in [0.2, 0.25) is 0 Å². The minimum Gasteiger partial charge on any atom is -0.308 e. The first-order chi connectivity index (χ1) is 11.0. The molecule has 1 aromatic heterocycles. The smallest absolute Gasteiger partial charge is 0.308 e. The van der Waals surface area contributed by atoms with Crippen LogP contribution in [-0.2, 0) is 6.42 Å². The molecular weight excluding hydrogens is 308 g/mol. The molecule has 0 aromatic carbocycles. The lowest BCUT2D eigenvalue weighted by Gasteiger charge is -2.43. The van der Waals surface area contributed by atoms with Crippen molar-refractivity contribution < 1.29 is 4.79 Å². The number of aromatic nitrogens is 1. The highest BCUT2D eigenvalue weighted by Crippen LogP contribution is 2.31. The van der Waals surface area contributed by atoms with E-state index in [4.69, 9.17) is 0 Å². The molecule has 126 valence electrons. The van der Waals surface area contributed by atoms with Gasteiger partial charge in [-0.2, -0.15) is 4.37 Å². The molecule has 0 N–H and O–H groups in total. The Morgan fingerprint density at radius 3 is 2.74 bits per heavy atom. The molecule has 2 rings (SSSR count). The van der Waals surface area contributed by atoms with E-state index in [0.717, 1.165) is 22.7 Å². The number of urea groups is 1. The molecule has 1 saturated heterocycles. The molecule has 1 fully saturated rings. The van der Waals surface area contributed by atoms with Gasteiger partial charge >= 0.3 is 6.03 Å². The topological polar surface area (TPSA) is 39.7 Å². The molecule has 0 spiro atoms. The van der Waals surface area contributed by atoms with Crippen LogP contribution >= 0.6 is 11.5 Å². The maximum absolute atomic E-state index is 12.8. The van der Waals surface area contributed by atoms with Gasteiger partial charge in [0.25, 0.3) is 0 Å². The highest BCUT2D eigenvalue weighted by atomic mass is 32.1. The number of hydrogen-bond donors (Lipinski definition) is 0. The number of amides is 2. The van der Waals surface area contributed by atoms with Gasteiger partial charge in [-0.3, -0.25) is 9.80 Å². The third-order valence-corrected chi connectivity index (χ3v) is 5.16. The molecule has 1 unspecified atom stereocenters. The van der Waals surface area contributed by atoms with Gasteiger partial charge in [0, 0.05) is 18.2 Å². The molecule has 5 nitrogen and oxygen atoms in total. The SMILES string of the molecule is C=CCN1CN(C(C)/C=C/C)CN(c2snc(CC)c2C)C1=O. The van der Waals surface area contributed by atoms with Gasteiger partial charge in [0.1, 0.15) is 5.00 Å². The summed E-state index contributed by atoms with van der Waals surface area (Å²) < 4.78 is 4.50. The van der Waals surface area contributed by atoms with Crippen LogP contribution < -0.4 is 4.90 Å². The average Bonchev–Trinajstić information content (AvgIpc) is 2.90. The van der Waals surface area contributed by atoms with E-state index in [9.17, 15) is 4.79 Å². The Morgan fingerprint density at radius 1 is 1.43 bits per heavy atom. The summed E-state index contributed by atoms with van der Waals surface area (Å²) >= 11 is 1.42. The number of anilines is 1. The predicted molar refractivity (Wildman–Crippen MR) is 96.9 cm³/mol. The van der Waals surface area contributed by atoms with Crippen molar-refractivity contribution in [2.24, 2.45) is 0 Å². The van der Waals surface area contributed by atoms with Gasteiger partial charge in [-0.15, -0.1) is 6.58 Å². The van der Waals surface area contributed by atoms with Crippen molar-refractivity contribution >= 4 is 22.6 Å². The van der Waals surface area contributed by atoms with E-state index in [0.29, 0.717) is 19.9 Å². The summed E-state index contributed by atoms with van der Waals surface area (Å²) in [5.41, 5.74) is 2.19. The van der Waals surface area contributed by atoms with Gasteiger partial charge in [0.05, 0.1) is 19.0 Å². The van der Waals surface area contributed by atoms with Gasteiger partial charge in [0.2, 0.25) is 0 Å². The van der Waals surface area contributed by atoms with Crippen LogP contribution in [0.4, 0.5) is 9.80 Å². The molecule has 0 bridgehead atoms. The van der Waals surface area contributed by atoms with E-state index in [-0.39, 0.29) is 12.1 Å². The Balaban J connectivity index is 2.32. The van der Waals surface area contributed by atoms with E-state index in [1.165, 1.54) is 11.5 Å². The number of nitrogens with zero attached hydrogens (tertiary/aromatic N) is 4. The molecule has 6 heteroatoms. The van der Waals surface area contributed by atoms with Gasteiger partial charge in [-0.05, 0) is 38.7 Å².